The Hall–Kier alpha value is -0.820. The van der Waals surface area contributed by atoms with Crippen molar-refractivity contribution < 1.29 is 0 Å². The number of hydrogen-bond donors (Lipinski definition) is 1. The molecule has 134 valence electrons. The predicted molar refractivity (Wildman–Crippen MR) is 112 cm³/mol. The minimum absolute atomic E-state index is 0. The van der Waals surface area contributed by atoms with E-state index in [2.05, 4.69) is 47.1 Å². The molecule has 5 heteroatoms. The standard InChI is InChI=1S/C19H30N4.HI/c1-16-9-13-23(14-10-16)19(20)21-15-18(22-11-5-6-12-22)17-7-3-2-4-8-17;/h2-4,7-8,16,18H,5-6,9-15H2,1H3,(H2,20,21);1H. The molecule has 1 aromatic rings. The van der Waals surface area contributed by atoms with Crippen LogP contribution in [0.5, 0.6) is 0 Å². The van der Waals surface area contributed by atoms with Gasteiger partial charge in [0.2, 0.25) is 0 Å². The average Bonchev–Trinajstić information content (AvgIpc) is 3.11. The number of rotatable bonds is 4. The van der Waals surface area contributed by atoms with E-state index < -0.39 is 0 Å². The van der Waals surface area contributed by atoms with Crippen LogP contribution in [0.25, 0.3) is 0 Å². The highest BCUT2D eigenvalue weighted by Gasteiger charge is 2.24. The summed E-state index contributed by atoms with van der Waals surface area (Å²) >= 11 is 0. The molecular formula is C19H31IN4. The Morgan fingerprint density at radius 1 is 1.12 bits per heavy atom. The molecule has 0 spiro atoms. The summed E-state index contributed by atoms with van der Waals surface area (Å²) in [4.78, 5) is 9.59. The van der Waals surface area contributed by atoms with Crippen LogP contribution in [0.3, 0.4) is 0 Å². The fourth-order valence-corrected chi connectivity index (χ4v) is 3.68. The van der Waals surface area contributed by atoms with Gasteiger partial charge in [0.25, 0.3) is 0 Å². The summed E-state index contributed by atoms with van der Waals surface area (Å²) in [6.07, 6.45) is 5.05. The zero-order valence-electron chi connectivity index (χ0n) is 14.7. The molecule has 1 atom stereocenters. The molecule has 0 saturated carbocycles. The number of hydrogen-bond acceptors (Lipinski definition) is 2. The fourth-order valence-electron chi connectivity index (χ4n) is 3.68. The lowest BCUT2D eigenvalue weighted by atomic mass is 10.00. The monoisotopic (exact) mass is 442 g/mol. The van der Waals surface area contributed by atoms with Gasteiger partial charge in [0.15, 0.2) is 5.96 Å². The normalized spacial score (nSPS) is 21.5. The summed E-state index contributed by atoms with van der Waals surface area (Å²) in [5.74, 6) is 1.55. The minimum atomic E-state index is 0. The first kappa shape index (κ1) is 19.5. The summed E-state index contributed by atoms with van der Waals surface area (Å²) in [6.45, 7) is 7.55. The summed E-state index contributed by atoms with van der Waals surface area (Å²) < 4.78 is 0. The third-order valence-electron chi connectivity index (χ3n) is 5.30. The molecule has 2 N–H and O–H groups in total. The van der Waals surface area contributed by atoms with Gasteiger partial charge in [-0.1, -0.05) is 37.3 Å². The Kier molecular flexibility index (Phi) is 7.81. The van der Waals surface area contributed by atoms with E-state index in [0.29, 0.717) is 6.04 Å². The second-order valence-electron chi connectivity index (χ2n) is 7.04. The van der Waals surface area contributed by atoms with E-state index in [0.717, 1.165) is 31.5 Å². The van der Waals surface area contributed by atoms with Gasteiger partial charge in [-0.25, -0.2) is 0 Å². The van der Waals surface area contributed by atoms with Crippen LogP contribution in [0.2, 0.25) is 0 Å². The molecule has 2 heterocycles. The Balaban J connectivity index is 0.00000208. The first-order valence-corrected chi connectivity index (χ1v) is 9.08. The lowest BCUT2D eigenvalue weighted by Gasteiger charge is -2.32. The molecule has 2 aliphatic rings. The van der Waals surface area contributed by atoms with Crippen LogP contribution in [0, 0.1) is 5.92 Å². The van der Waals surface area contributed by atoms with Crippen LogP contribution in [0.4, 0.5) is 0 Å². The number of likely N-dealkylation sites (tertiary alicyclic amines) is 2. The number of benzene rings is 1. The van der Waals surface area contributed by atoms with Crippen LogP contribution < -0.4 is 5.73 Å². The van der Waals surface area contributed by atoms with Crippen LogP contribution in [-0.2, 0) is 0 Å². The largest absolute Gasteiger partial charge is 0.370 e. The van der Waals surface area contributed by atoms with E-state index in [1.807, 2.05) is 0 Å². The quantitative estimate of drug-likeness (QED) is 0.441. The van der Waals surface area contributed by atoms with Gasteiger partial charge in [0.05, 0.1) is 12.6 Å². The molecule has 4 nitrogen and oxygen atoms in total. The minimum Gasteiger partial charge on any atom is -0.370 e. The fraction of sp³-hybridized carbons (Fsp3) is 0.632. The second kappa shape index (κ2) is 9.61. The predicted octanol–water partition coefficient (Wildman–Crippen LogP) is 3.49. The van der Waals surface area contributed by atoms with Crippen molar-refractivity contribution >= 4 is 29.9 Å². The van der Waals surface area contributed by atoms with Crippen molar-refractivity contribution in [2.24, 2.45) is 16.6 Å². The SMILES string of the molecule is CC1CCN(C(N)=NCC(c2ccccc2)N2CCCC2)CC1.I. The summed E-state index contributed by atoms with van der Waals surface area (Å²) in [6, 6.07) is 11.1. The van der Waals surface area contributed by atoms with Crippen molar-refractivity contribution in [2.75, 3.05) is 32.7 Å². The first-order chi connectivity index (χ1) is 11.2. The van der Waals surface area contributed by atoms with E-state index in [1.165, 1.54) is 44.3 Å². The first-order valence-electron chi connectivity index (χ1n) is 9.08. The van der Waals surface area contributed by atoms with Crippen LogP contribution in [-0.4, -0.2) is 48.5 Å². The summed E-state index contributed by atoms with van der Waals surface area (Å²) in [7, 11) is 0. The van der Waals surface area contributed by atoms with E-state index >= 15 is 0 Å². The number of nitrogens with two attached hydrogens (primary N) is 1. The van der Waals surface area contributed by atoms with Crippen LogP contribution >= 0.6 is 24.0 Å². The van der Waals surface area contributed by atoms with Gasteiger partial charge in [-0.05, 0) is 50.3 Å². The Morgan fingerprint density at radius 3 is 2.38 bits per heavy atom. The third kappa shape index (κ3) is 5.09. The van der Waals surface area contributed by atoms with Crippen molar-refractivity contribution in [3.05, 3.63) is 35.9 Å². The summed E-state index contributed by atoms with van der Waals surface area (Å²) in [5.41, 5.74) is 7.64. The molecule has 2 fully saturated rings. The van der Waals surface area contributed by atoms with Gasteiger partial charge >= 0.3 is 0 Å². The Morgan fingerprint density at radius 2 is 1.75 bits per heavy atom. The van der Waals surface area contributed by atoms with E-state index in [-0.39, 0.29) is 24.0 Å². The molecule has 2 saturated heterocycles. The maximum Gasteiger partial charge on any atom is 0.191 e. The van der Waals surface area contributed by atoms with Crippen molar-refractivity contribution in [3.8, 4) is 0 Å². The maximum absolute atomic E-state index is 6.28. The van der Waals surface area contributed by atoms with Gasteiger partial charge in [-0.15, -0.1) is 24.0 Å². The molecule has 3 rings (SSSR count). The van der Waals surface area contributed by atoms with Gasteiger partial charge in [0.1, 0.15) is 0 Å². The Bertz CT molecular complexity index is 505. The smallest absolute Gasteiger partial charge is 0.191 e. The van der Waals surface area contributed by atoms with Crippen molar-refractivity contribution in [3.63, 3.8) is 0 Å². The zero-order valence-corrected chi connectivity index (χ0v) is 17.1. The molecule has 0 aromatic heterocycles. The topological polar surface area (TPSA) is 44.9 Å². The average molecular weight is 442 g/mol. The highest BCUT2D eigenvalue weighted by atomic mass is 127. The molecule has 0 radical (unpaired) electrons. The highest BCUT2D eigenvalue weighted by molar-refractivity contribution is 14.0. The lowest BCUT2D eigenvalue weighted by molar-refractivity contribution is 0.248. The molecular weight excluding hydrogens is 411 g/mol. The highest BCUT2D eigenvalue weighted by Crippen LogP contribution is 2.25. The third-order valence-corrected chi connectivity index (χ3v) is 5.30. The maximum atomic E-state index is 6.28. The second-order valence-corrected chi connectivity index (χ2v) is 7.04. The van der Waals surface area contributed by atoms with E-state index in [4.69, 9.17) is 10.7 Å². The molecule has 1 unspecified atom stereocenters. The molecule has 1 aromatic carbocycles. The zero-order chi connectivity index (χ0) is 16.1. The summed E-state index contributed by atoms with van der Waals surface area (Å²) in [5, 5.41) is 0. The van der Waals surface area contributed by atoms with Gasteiger partial charge in [-0.2, -0.15) is 0 Å². The number of halogens is 1. The molecule has 0 bridgehead atoms. The van der Waals surface area contributed by atoms with Gasteiger partial charge in [-0.3, -0.25) is 9.89 Å². The molecule has 0 amide bonds. The number of aliphatic imine (C=N–C) groups is 1. The van der Waals surface area contributed by atoms with Crippen LogP contribution in [0.1, 0.15) is 44.2 Å². The molecule has 2 aliphatic heterocycles. The lowest BCUT2D eigenvalue weighted by Crippen LogP contribution is -2.43. The number of nitrogens with zero attached hydrogens (tertiary/aromatic N) is 3. The van der Waals surface area contributed by atoms with Crippen molar-refractivity contribution in [2.45, 2.75) is 38.6 Å². The molecule has 24 heavy (non-hydrogen) atoms. The van der Waals surface area contributed by atoms with Gasteiger partial charge < -0.3 is 10.6 Å². The van der Waals surface area contributed by atoms with E-state index in [1.54, 1.807) is 0 Å². The Labute approximate surface area is 163 Å². The van der Waals surface area contributed by atoms with Gasteiger partial charge in [0, 0.05) is 13.1 Å². The number of guanidine groups is 1. The number of piperidine rings is 1. The van der Waals surface area contributed by atoms with Crippen molar-refractivity contribution in [1.82, 2.24) is 9.80 Å². The molecule has 0 aliphatic carbocycles. The van der Waals surface area contributed by atoms with E-state index in [9.17, 15) is 0 Å². The van der Waals surface area contributed by atoms with Crippen LogP contribution in [0.15, 0.2) is 35.3 Å². The van der Waals surface area contributed by atoms with Crippen molar-refractivity contribution in [1.29, 1.82) is 0 Å².